The number of hydrogen-bond acceptors (Lipinski definition) is 5. The molecule has 1 fully saturated rings. The van der Waals surface area contributed by atoms with Gasteiger partial charge in [0, 0.05) is 24.8 Å². The Hall–Kier alpha value is -3.19. The van der Waals surface area contributed by atoms with Gasteiger partial charge in [0.2, 0.25) is 0 Å². The van der Waals surface area contributed by atoms with Crippen molar-refractivity contribution in [1.82, 2.24) is 20.1 Å². The number of nitrogens with one attached hydrogen (secondary N) is 1. The van der Waals surface area contributed by atoms with Crippen LogP contribution in [0.1, 0.15) is 35.1 Å². The van der Waals surface area contributed by atoms with Gasteiger partial charge in [-0.15, -0.1) is 0 Å². The zero-order valence-corrected chi connectivity index (χ0v) is 16.4. The van der Waals surface area contributed by atoms with Crippen LogP contribution >= 0.6 is 0 Å². The maximum Gasteiger partial charge on any atom is 0.254 e. The van der Waals surface area contributed by atoms with Crippen LogP contribution in [-0.4, -0.2) is 52.9 Å². The summed E-state index contributed by atoms with van der Waals surface area (Å²) in [6, 6.07) is 17.0. The van der Waals surface area contributed by atoms with Crippen LogP contribution in [0, 0.1) is 0 Å². The molecule has 1 aromatic heterocycles. The van der Waals surface area contributed by atoms with E-state index in [0.717, 1.165) is 24.2 Å². The molecular weight excluding hydrogens is 368 g/mol. The van der Waals surface area contributed by atoms with Gasteiger partial charge in [0.25, 0.3) is 5.91 Å². The van der Waals surface area contributed by atoms with Crippen molar-refractivity contribution in [3.63, 3.8) is 0 Å². The van der Waals surface area contributed by atoms with E-state index in [9.17, 15) is 4.79 Å². The lowest BCUT2D eigenvalue weighted by Gasteiger charge is -2.23. The first-order chi connectivity index (χ1) is 14.3. The maximum absolute atomic E-state index is 13.2. The predicted molar refractivity (Wildman–Crippen MR) is 109 cm³/mol. The highest BCUT2D eigenvalue weighted by atomic mass is 16.5. The minimum atomic E-state index is -0.106. The Bertz CT molecular complexity index is 957. The molecule has 1 amide bonds. The van der Waals surface area contributed by atoms with E-state index in [0.29, 0.717) is 36.9 Å². The van der Waals surface area contributed by atoms with Crippen LogP contribution in [-0.2, 0) is 4.74 Å². The number of likely N-dealkylation sites (tertiary alicyclic amines) is 1. The highest BCUT2D eigenvalue weighted by Gasteiger charge is 2.33. The second-order valence-corrected chi connectivity index (χ2v) is 6.94. The lowest BCUT2D eigenvalue weighted by Crippen LogP contribution is -2.31. The number of benzene rings is 2. The molecule has 0 bridgehead atoms. The summed E-state index contributed by atoms with van der Waals surface area (Å²) in [5.41, 5.74) is 1.56. The second-order valence-electron chi connectivity index (χ2n) is 6.94. The molecule has 1 aliphatic heterocycles. The molecule has 0 radical (unpaired) electrons. The summed E-state index contributed by atoms with van der Waals surface area (Å²) in [7, 11) is 1.63. The molecule has 2 heterocycles. The summed E-state index contributed by atoms with van der Waals surface area (Å²) in [6.45, 7) is 1.64. The van der Waals surface area contributed by atoms with E-state index in [2.05, 4.69) is 15.2 Å². The number of methoxy groups -OCH3 is 1. The number of aromatic amines is 1. The summed E-state index contributed by atoms with van der Waals surface area (Å²) >= 11 is 0. The molecule has 0 aliphatic carbocycles. The van der Waals surface area contributed by atoms with Gasteiger partial charge < -0.3 is 14.4 Å². The number of carbonyl (C=O) groups is 1. The average Bonchev–Trinajstić information content (AvgIpc) is 3.44. The molecule has 0 saturated carbocycles. The van der Waals surface area contributed by atoms with Gasteiger partial charge in [0.1, 0.15) is 18.2 Å². The number of rotatable bonds is 7. The number of nitrogens with zero attached hydrogens (tertiary/aromatic N) is 3. The molecule has 1 unspecified atom stereocenters. The fourth-order valence-electron chi connectivity index (χ4n) is 3.56. The molecule has 2 aromatic carbocycles. The van der Waals surface area contributed by atoms with Gasteiger partial charge in [-0.2, -0.15) is 5.10 Å². The number of H-pyrrole nitrogens is 1. The lowest BCUT2D eigenvalue weighted by molar-refractivity contribution is 0.0729. The average molecular weight is 392 g/mol. The van der Waals surface area contributed by atoms with Crippen molar-refractivity contribution in [3.05, 3.63) is 66.0 Å². The van der Waals surface area contributed by atoms with E-state index >= 15 is 0 Å². The molecular formula is C22H24N4O3. The summed E-state index contributed by atoms with van der Waals surface area (Å²) < 4.78 is 10.6. The molecule has 3 aromatic rings. The van der Waals surface area contributed by atoms with Crippen molar-refractivity contribution in [3.8, 4) is 17.1 Å². The standard InChI is InChI=1S/C22H24N4O3/c1-28-13-14-29-18-10-5-9-17(15-18)22(27)26-12-6-11-19(26)21-23-20(24-25-21)16-7-3-2-4-8-16/h2-5,7-10,15,19H,6,11-14H2,1H3,(H,23,24,25). The molecule has 4 rings (SSSR count). The molecule has 1 saturated heterocycles. The Morgan fingerprint density at radius 1 is 1.17 bits per heavy atom. The third-order valence-corrected chi connectivity index (χ3v) is 5.00. The zero-order chi connectivity index (χ0) is 20.1. The minimum absolute atomic E-state index is 0.0256. The maximum atomic E-state index is 13.2. The van der Waals surface area contributed by atoms with Crippen molar-refractivity contribution in [2.75, 3.05) is 26.9 Å². The third kappa shape index (κ3) is 4.30. The highest BCUT2D eigenvalue weighted by molar-refractivity contribution is 5.95. The van der Waals surface area contributed by atoms with Crippen LogP contribution in [0.25, 0.3) is 11.4 Å². The monoisotopic (exact) mass is 392 g/mol. The molecule has 29 heavy (non-hydrogen) atoms. The SMILES string of the molecule is COCCOc1cccc(C(=O)N2CCCC2c2nc(-c3ccccc3)n[nH]2)c1. The van der Waals surface area contributed by atoms with Crippen molar-refractivity contribution in [2.45, 2.75) is 18.9 Å². The van der Waals surface area contributed by atoms with Crippen LogP contribution in [0.5, 0.6) is 5.75 Å². The first kappa shape index (κ1) is 19.1. The summed E-state index contributed by atoms with van der Waals surface area (Å²) in [5.74, 6) is 2.01. The Labute approximate surface area is 169 Å². The quantitative estimate of drug-likeness (QED) is 0.623. The molecule has 1 N–H and O–H groups in total. The fraction of sp³-hybridized carbons (Fsp3) is 0.318. The number of amides is 1. The summed E-state index contributed by atoms with van der Waals surface area (Å²) in [6.07, 6.45) is 1.79. The molecule has 7 heteroatoms. The molecule has 7 nitrogen and oxygen atoms in total. The Kier molecular flexibility index (Phi) is 5.86. The Morgan fingerprint density at radius 2 is 2.03 bits per heavy atom. The smallest absolute Gasteiger partial charge is 0.254 e. The third-order valence-electron chi connectivity index (χ3n) is 5.00. The number of carbonyl (C=O) groups excluding carboxylic acids is 1. The van der Waals surface area contributed by atoms with Gasteiger partial charge in [-0.05, 0) is 31.0 Å². The Balaban J connectivity index is 1.51. The van der Waals surface area contributed by atoms with Gasteiger partial charge in [-0.25, -0.2) is 4.98 Å². The van der Waals surface area contributed by atoms with Gasteiger partial charge in [0.05, 0.1) is 12.6 Å². The molecule has 150 valence electrons. The summed E-state index contributed by atoms with van der Waals surface area (Å²) in [5, 5.41) is 7.38. The van der Waals surface area contributed by atoms with E-state index in [-0.39, 0.29) is 11.9 Å². The molecule has 1 aliphatic rings. The number of hydrogen-bond donors (Lipinski definition) is 1. The minimum Gasteiger partial charge on any atom is -0.491 e. The van der Waals surface area contributed by atoms with Gasteiger partial charge in [0.15, 0.2) is 5.82 Å². The van der Waals surface area contributed by atoms with Gasteiger partial charge >= 0.3 is 0 Å². The fourth-order valence-corrected chi connectivity index (χ4v) is 3.56. The lowest BCUT2D eigenvalue weighted by atomic mass is 10.1. The van der Waals surface area contributed by atoms with Crippen molar-refractivity contribution in [1.29, 1.82) is 0 Å². The van der Waals surface area contributed by atoms with Crippen LogP contribution in [0.15, 0.2) is 54.6 Å². The topological polar surface area (TPSA) is 80.3 Å². The summed E-state index contributed by atoms with van der Waals surface area (Å²) in [4.78, 5) is 19.7. The Morgan fingerprint density at radius 3 is 2.86 bits per heavy atom. The highest BCUT2D eigenvalue weighted by Crippen LogP contribution is 2.32. The van der Waals surface area contributed by atoms with Crippen LogP contribution in [0.3, 0.4) is 0 Å². The van der Waals surface area contributed by atoms with Crippen molar-refractivity contribution < 1.29 is 14.3 Å². The van der Waals surface area contributed by atoms with Crippen LogP contribution < -0.4 is 4.74 Å². The van der Waals surface area contributed by atoms with Gasteiger partial charge in [-0.1, -0.05) is 36.4 Å². The van der Waals surface area contributed by atoms with Gasteiger partial charge in [-0.3, -0.25) is 9.89 Å². The van der Waals surface area contributed by atoms with Crippen LogP contribution in [0.2, 0.25) is 0 Å². The predicted octanol–water partition coefficient (Wildman–Crippen LogP) is 3.47. The number of ether oxygens (including phenoxy) is 2. The normalized spacial score (nSPS) is 16.2. The zero-order valence-electron chi connectivity index (χ0n) is 16.4. The molecule has 1 atom stereocenters. The molecule has 0 spiro atoms. The number of aromatic nitrogens is 3. The van der Waals surface area contributed by atoms with E-state index in [1.54, 1.807) is 13.2 Å². The van der Waals surface area contributed by atoms with E-state index < -0.39 is 0 Å². The van der Waals surface area contributed by atoms with E-state index in [4.69, 9.17) is 9.47 Å². The van der Waals surface area contributed by atoms with E-state index in [1.165, 1.54) is 0 Å². The van der Waals surface area contributed by atoms with Crippen LogP contribution in [0.4, 0.5) is 0 Å². The van der Waals surface area contributed by atoms with E-state index in [1.807, 2.05) is 53.4 Å². The largest absolute Gasteiger partial charge is 0.491 e. The first-order valence-electron chi connectivity index (χ1n) is 9.77. The van der Waals surface area contributed by atoms with Crippen molar-refractivity contribution in [2.24, 2.45) is 0 Å². The van der Waals surface area contributed by atoms with Crippen molar-refractivity contribution >= 4 is 5.91 Å². The second kappa shape index (κ2) is 8.87. The first-order valence-corrected chi connectivity index (χ1v) is 9.77.